The Kier molecular flexibility index (Phi) is 2.99. The molecule has 3 nitrogen and oxygen atoms in total. The second-order valence-corrected chi connectivity index (χ2v) is 4.14. The summed E-state index contributed by atoms with van der Waals surface area (Å²) in [5.41, 5.74) is 8.83. The first-order chi connectivity index (χ1) is 7.29. The van der Waals surface area contributed by atoms with E-state index in [0.29, 0.717) is 6.54 Å². The van der Waals surface area contributed by atoms with E-state index in [2.05, 4.69) is 10.3 Å². The van der Waals surface area contributed by atoms with E-state index < -0.39 is 0 Å². The maximum Gasteiger partial charge on any atom is 0.187 e. The summed E-state index contributed by atoms with van der Waals surface area (Å²) in [6, 6.07) is 8.00. The minimum Gasteiger partial charge on any atom is -0.331 e. The Bertz CT molecular complexity index is 451. The minimum atomic E-state index is 0.535. The lowest BCUT2D eigenvalue weighted by Gasteiger charge is -2.07. The first kappa shape index (κ1) is 10.1. The van der Waals surface area contributed by atoms with Crippen LogP contribution in [0.5, 0.6) is 0 Å². The number of nitrogens with one attached hydrogen (secondary N) is 1. The van der Waals surface area contributed by atoms with Gasteiger partial charge in [0.25, 0.3) is 0 Å². The molecule has 0 aliphatic rings. The van der Waals surface area contributed by atoms with Crippen LogP contribution in [0.4, 0.5) is 10.8 Å². The standard InChI is InChI=1S/C11H13N3S/c1-8-7-15-11(13-8)14-10-5-3-2-4-9(10)6-12/h2-5,7H,6,12H2,1H3,(H,13,14). The number of thiazole rings is 1. The van der Waals surface area contributed by atoms with Crippen LogP contribution in [-0.4, -0.2) is 4.98 Å². The number of nitrogens with zero attached hydrogens (tertiary/aromatic N) is 1. The third kappa shape index (κ3) is 2.34. The molecule has 0 saturated carbocycles. The van der Waals surface area contributed by atoms with Crippen LogP contribution in [0.1, 0.15) is 11.3 Å². The first-order valence-corrected chi connectivity index (χ1v) is 5.64. The molecule has 78 valence electrons. The van der Waals surface area contributed by atoms with Crippen LogP contribution >= 0.6 is 11.3 Å². The van der Waals surface area contributed by atoms with E-state index in [1.165, 1.54) is 0 Å². The van der Waals surface area contributed by atoms with Gasteiger partial charge < -0.3 is 11.1 Å². The highest BCUT2D eigenvalue weighted by atomic mass is 32.1. The minimum absolute atomic E-state index is 0.535. The molecule has 1 aromatic heterocycles. The normalized spacial score (nSPS) is 10.3. The van der Waals surface area contributed by atoms with Crippen LogP contribution in [0.2, 0.25) is 0 Å². The fraction of sp³-hybridized carbons (Fsp3) is 0.182. The Morgan fingerprint density at radius 1 is 1.40 bits per heavy atom. The molecule has 1 aromatic carbocycles. The fourth-order valence-electron chi connectivity index (χ4n) is 1.35. The van der Waals surface area contributed by atoms with Crippen molar-refractivity contribution in [3.63, 3.8) is 0 Å². The van der Waals surface area contributed by atoms with E-state index in [0.717, 1.165) is 22.1 Å². The molecule has 15 heavy (non-hydrogen) atoms. The number of nitrogens with two attached hydrogens (primary N) is 1. The zero-order valence-corrected chi connectivity index (χ0v) is 9.34. The van der Waals surface area contributed by atoms with Gasteiger partial charge in [-0.25, -0.2) is 4.98 Å². The highest BCUT2D eigenvalue weighted by Gasteiger charge is 2.02. The summed E-state index contributed by atoms with van der Waals surface area (Å²) in [6.07, 6.45) is 0. The number of rotatable bonds is 3. The van der Waals surface area contributed by atoms with Crippen molar-refractivity contribution in [2.75, 3.05) is 5.32 Å². The molecule has 0 saturated heterocycles. The van der Waals surface area contributed by atoms with E-state index in [9.17, 15) is 0 Å². The number of benzene rings is 1. The van der Waals surface area contributed by atoms with E-state index in [1.807, 2.05) is 36.6 Å². The molecule has 2 aromatic rings. The molecule has 0 bridgehead atoms. The number of para-hydroxylation sites is 1. The molecule has 0 atom stereocenters. The van der Waals surface area contributed by atoms with Crippen molar-refractivity contribution in [1.82, 2.24) is 4.98 Å². The molecule has 4 heteroatoms. The van der Waals surface area contributed by atoms with Crippen LogP contribution in [0.25, 0.3) is 0 Å². The predicted molar refractivity (Wildman–Crippen MR) is 64.5 cm³/mol. The summed E-state index contributed by atoms with van der Waals surface area (Å²) < 4.78 is 0. The average Bonchev–Trinajstić information content (AvgIpc) is 2.65. The van der Waals surface area contributed by atoms with Gasteiger partial charge in [0, 0.05) is 17.6 Å². The van der Waals surface area contributed by atoms with Gasteiger partial charge in [-0.2, -0.15) is 0 Å². The van der Waals surface area contributed by atoms with Crippen molar-refractivity contribution in [3.05, 3.63) is 40.9 Å². The quantitative estimate of drug-likeness (QED) is 0.834. The van der Waals surface area contributed by atoms with Gasteiger partial charge in [0.05, 0.1) is 5.69 Å². The molecule has 0 amide bonds. The number of anilines is 2. The van der Waals surface area contributed by atoms with Gasteiger partial charge in [-0.1, -0.05) is 18.2 Å². The zero-order chi connectivity index (χ0) is 10.7. The lowest BCUT2D eigenvalue weighted by molar-refractivity contribution is 1.07. The van der Waals surface area contributed by atoms with Crippen molar-refractivity contribution < 1.29 is 0 Å². The number of aromatic nitrogens is 1. The van der Waals surface area contributed by atoms with E-state index in [1.54, 1.807) is 11.3 Å². The van der Waals surface area contributed by atoms with Gasteiger partial charge >= 0.3 is 0 Å². The SMILES string of the molecule is Cc1csc(Nc2ccccc2CN)n1. The van der Waals surface area contributed by atoms with Gasteiger partial charge in [-0.05, 0) is 18.6 Å². The van der Waals surface area contributed by atoms with Crippen LogP contribution in [0, 0.1) is 6.92 Å². The van der Waals surface area contributed by atoms with E-state index >= 15 is 0 Å². The second-order valence-electron chi connectivity index (χ2n) is 3.28. The van der Waals surface area contributed by atoms with Crippen LogP contribution in [0.15, 0.2) is 29.6 Å². The van der Waals surface area contributed by atoms with E-state index in [-0.39, 0.29) is 0 Å². The van der Waals surface area contributed by atoms with Crippen molar-refractivity contribution in [3.8, 4) is 0 Å². The summed E-state index contributed by atoms with van der Waals surface area (Å²) in [4.78, 5) is 4.35. The van der Waals surface area contributed by atoms with Crippen LogP contribution in [0.3, 0.4) is 0 Å². The van der Waals surface area contributed by atoms with Gasteiger partial charge in [-0.15, -0.1) is 11.3 Å². The lowest BCUT2D eigenvalue weighted by atomic mass is 10.2. The van der Waals surface area contributed by atoms with Crippen molar-refractivity contribution >= 4 is 22.2 Å². The third-order valence-corrected chi connectivity index (χ3v) is 2.97. The molecule has 1 heterocycles. The summed E-state index contributed by atoms with van der Waals surface area (Å²) in [7, 11) is 0. The Labute approximate surface area is 93.0 Å². The maximum absolute atomic E-state index is 5.65. The molecule has 0 spiro atoms. The molecule has 0 fully saturated rings. The smallest absolute Gasteiger partial charge is 0.187 e. The van der Waals surface area contributed by atoms with Crippen LogP contribution < -0.4 is 11.1 Å². The topological polar surface area (TPSA) is 50.9 Å². The largest absolute Gasteiger partial charge is 0.331 e. The third-order valence-electron chi connectivity index (χ3n) is 2.10. The maximum atomic E-state index is 5.65. The van der Waals surface area contributed by atoms with Crippen molar-refractivity contribution in [2.45, 2.75) is 13.5 Å². The van der Waals surface area contributed by atoms with Gasteiger partial charge in [0.15, 0.2) is 5.13 Å². The van der Waals surface area contributed by atoms with Crippen LogP contribution in [-0.2, 0) is 6.54 Å². The van der Waals surface area contributed by atoms with Gasteiger partial charge in [0.2, 0.25) is 0 Å². The lowest BCUT2D eigenvalue weighted by Crippen LogP contribution is -2.01. The average molecular weight is 219 g/mol. The summed E-state index contributed by atoms with van der Waals surface area (Å²) in [5, 5.41) is 6.20. The molecule has 0 aliphatic heterocycles. The first-order valence-electron chi connectivity index (χ1n) is 4.76. The summed E-state index contributed by atoms with van der Waals surface area (Å²) >= 11 is 1.60. The highest BCUT2D eigenvalue weighted by molar-refractivity contribution is 7.13. The molecule has 0 unspecified atom stereocenters. The Hall–Kier alpha value is -1.39. The highest BCUT2D eigenvalue weighted by Crippen LogP contribution is 2.23. The summed E-state index contributed by atoms with van der Waals surface area (Å²) in [5.74, 6) is 0. The number of hydrogen-bond acceptors (Lipinski definition) is 4. The predicted octanol–water partition coefficient (Wildman–Crippen LogP) is 2.65. The van der Waals surface area contributed by atoms with Crippen molar-refractivity contribution in [2.24, 2.45) is 5.73 Å². The van der Waals surface area contributed by atoms with E-state index in [4.69, 9.17) is 5.73 Å². The molecule has 0 aliphatic carbocycles. The van der Waals surface area contributed by atoms with Gasteiger partial charge in [-0.3, -0.25) is 0 Å². The molecule has 2 rings (SSSR count). The van der Waals surface area contributed by atoms with Crippen molar-refractivity contribution in [1.29, 1.82) is 0 Å². The number of aryl methyl sites for hydroxylation is 1. The molecular formula is C11H13N3S. The molecule has 0 radical (unpaired) electrons. The monoisotopic (exact) mass is 219 g/mol. The second kappa shape index (κ2) is 4.42. The number of hydrogen-bond donors (Lipinski definition) is 2. The zero-order valence-electron chi connectivity index (χ0n) is 8.53. The molecular weight excluding hydrogens is 206 g/mol. The Balaban J connectivity index is 2.23. The Morgan fingerprint density at radius 3 is 2.87 bits per heavy atom. The summed E-state index contributed by atoms with van der Waals surface area (Å²) in [6.45, 7) is 2.52. The van der Waals surface area contributed by atoms with Gasteiger partial charge in [0.1, 0.15) is 0 Å². The Morgan fingerprint density at radius 2 is 2.20 bits per heavy atom. The fourth-order valence-corrected chi connectivity index (χ4v) is 2.05. The molecule has 3 N–H and O–H groups in total.